The fraction of sp³-hybridized carbons (Fsp3) is 0.870. The third-order valence-corrected chi connectivity index (χ3v) is 8.31. The highest BCUT2D eigenvalue weighted by Gasteiger charge is 2.81. The number of carbonyl (C=O) groups is 1. The van der Waals surface area contributed by atoms with Gasteiger partial charge < -0.3 is 19.3 Å². The Hall–Kier alpha value is -0.750. The van der Waals surface area contributed by atoms with Crippen LogP contribution in [0.1, 0.15) is 74.1 Å². The third-order valence-electron chi connectivity index (χ3n) is 8.31. The molecule has 158 valence electrons. The molecule has 2 saturated heterocycles. The van der Waals surface area contributed by atoms with Gasteiger partial charge in [-0.3, -0.25) is 4.79 Å². The van der Waals surface area contributed by atoms with Gasteiger partial charge in [-0.1, -0.05) is 26.8 Å². The summed E-state index contributed by atoms with van der Waals surface area (Å²) in [6.45, 7) is 18.0. The molecule has 1 spiro atoms. The molecule has 5 nitrogen and oxygen atoms in total. The summed E-state index contributed by atoms with van der Waals surface area (Å²) in [6.07, 6.45) is 3.28. The van der Waals surface area contributed by atoms with Crippen molar-refractivity contribution in [2.45, 2.75) is 109 Å². The van der Waals surface area contributed by atoms with E-state index in [9.17, 15) is 9.90 Å². The average Bonchev–Trinajstić information content (AvgIpc) is 2.51. The zero-order valence-electron chi connectivity index (χ0n) is 18.4. The van der Waals surface area contributed by atoms with Gasteiger partial charge in [0.15, 0.2) is 17.2 Å². The van der Waals surface area contributed by atoms with E-state index < -0.39 is 34.1 Å². The van der Waals surface area contributed by atoms with Gasteiger partial charge in [-0.05, 0) is 46.0 Å². The molecule has 2 aliphatic heterocycles. The second-order valence-electron chi connectivity index (χ2n) is 11.3. The number of ketones is 1. The minimum atomic E-state index is -1.17. The molecule has 4 rings (SSSR count). The Labute approximate surface area is 168 Å². The van der Waals surface area contributed by atoms with Crippen LogP contribution in [0.2, 0.25) is 0 Å². The van der Waals surface area contributed by atoms with E-state index in [0.717, 1.165) is 12.8 Å². The molecule has 4 aliphatic rings. The normalized spacial score (nSPS) is 54.4. The van der Waals surface area contributed by atoms with Crippen molar-refractivity contribution >= 4 is 5.78 Å². The summed E-state index contributed by atoms with van der Waals surface area (Å²) >= 11 is 0. The number of ether oxygens (including phenoxy) is 3. The molecule has 0 aromatic rings. The van der Waals surface area contributed by atoms with E-state index >= 15 is 0 Å². The maximum absolute atomic E-state index is 14.0. The van der Waals surface area contributed by atoms with Crippen molar-refractivity contribution in [3.63, 3.8) is 0 Å². The first-order chi connectivity index (χ1) is 12.7. The summed E-state index contributed by atoms with van der Waals surface area (Å²) in [5, 5.41) is 11.4. The van der Waals surface area contributed by atoms with E-state index in [1.54, 1.807) is 6.08 Å². The van der Waals surface area contributed by atoms with Crippen LogP contribution in [-0.2, 0) is 19.0 Å². The highest BCUT2D eigenvalue weighted by Crippen LogP contribution is 2.70. The van der Waals surface area contributed by atoms with Crippen molar-refractivity contribution in [3.05, 3.63) is 12.7 Å². The number of Topliss-reactive ketones (excluding diaryl/α,β-unsaturated/α-hetero) is 1. The van der Waals surface area contributed by atoms with Crippen LogP contribution < -0.4 is 0 Å². The largest absolute Gasteiger partial charge is 0.393 e. The molecule has 28 heavy (non-hydrogen) atoms. The first kappa shape index (κ1) is 20.5. The van der Waals surface area contributed by atoms with Crippen molar-refractivity contribution < 1.29 is 24.1 Å². The lowest BCUT2D eigenvalue weighted by molar-refractivity contribution is -0.450. The summed E-state index contributed by atoms with van der Waals surface area (Å²) in [7, 11) is 0. The van der Waals surface area contributed by atoms with Crippen LogP contribution in [0, 0.1) is 16.7 Å². The van der Waals surface area contributed by atoms with Crippen LogP contribution in [0.25, 0.3) is 0 Å². The van der Waals surface area contributed by atoms with E-state index in [4.69, 9.17) is 14.2 Å². The summed E-state index contributed by atoms with van der Waals surface area (Å²) in [4.78, 5) is 14.0. The van der Waals surface area contributed by atoms with Gasteiger partial charge in [-0.25, -0.2) is 0 Å². The predicted molar refractivity (Wildman–Crippen MR) is 106 cm³/mol. The topological polar surface area (TPSA) is 65.0 Å². The highest BCUT2D eigenvalue weighted by molar-refractivity contribution is 5.92. The molecule has 2 heterocycles. The van der Waals surface area contributed by atoms with Gasteiger partial charge in [0.05, 0.1) is 17.8 Å². The summed E-state index contributed by atoms with van der Waals surface area (Å²) in [5.41, 5.74) is -3.73. The summed E-state index contributed by atoms with van der Waals surface area (Å²) in [6, 6.07) is 0. The van der Waals surface area contributed by atoms with Crippen molar-refractivity contribution in [3.8, 4) is 0 Å². The van der Waals surface area contributed by atoms with Crippen LogP contribution in [0.4, 0.5) is 0 Å². The molecule has 4 fully saturated rings. The van der Waals surface area contributed by atoms with E-state index in [2.05, 4.69) is 27.4 Å². The van der Waals surface area contributed by atoms with Gasteiger partial charge >= 0.3 is 0 Å². The SMILES string of the molecule is C=C[C@@]1(C)CC(=O)[C@@]23OC(C)(C)O[C@H]4CCC(C)(C)C([C@H](O)C[C@@]2(C)O1)[C@]43C. The molecule has 0 radical (unpaired) electrons. The number of rotatable bonds is 1. The van der Waals surface area contributed by atoms with E-state index in [0.29, 0.717) is 6.42 Å². The lowest BCUT2D eigenvalue weighted by atomic mass is 9.40. The molecule has 0 aromatic carbocycles. The second-order valence-corrected chi connectivity index (χ2v) is 11.3. The minimum absolute atomic E-state index is 0.0436. The van der Waals surface area contributed by atoms with Gasteiger partial charge in [-0.15, -0.1) is 6.58 Å². The molecule has 0 amide bonds. The van der Waals surface area contributed by atoms with E-state index in [-0.39, 0.29) is 29.6 Å². The van der Waals surface area contributed by atoms with Crippen LogP contribution in [0.15, 0.2) is 12.7 Å². The Kier molecular flexibility index (Phi) is 4.02. The van der Waals surface area contributed by atoms with Gasteiger partial charge in [0.25, 0.3) is 0 Å². The van der Waals surface area contributed by atoms with Crippen molar-refractivity contribution in [2.75, 3.05) is 0 Å². The zero-order chi connectivity index (χ0) is 21.0. The average molecular weight is 393 g/mol. The lowest BCUT2D eigenvalue weighted by Crippen LogP contribution is -2.86. The predicted octanol–water partition coefficient (Wildman–Crippen LogP) is 3.78. The van der Waals surface area contributed by atoms with Crippen molar-refractivity contribution in [1.29, 1.82) is 0 Å². The molecule has 0 bridgehead atoms. The molecule has 7 atom stereocenters. The van der Waals surface area contributed by atoms with Gasteiger partial charge in [0.1, 0.15) is 5.60 Å². The molecular weight excluding hydrogens is 356 g/mol. The molecular formula is C23H36O5. The van der Waals surface area contributed by atoms with Gasteiger partial charge in [0, 0.05) is 24.2 Å². The number of aliphatic hydroxyl groups excluding tert-OH is 1. The first-order valence-corrected chi connectivity index (χ1v) is 10.6. The Bertz CT molecular complexity index is 729. The quantitative estimate of drug-likeness (QED) is 0.688. The fourth-order valence-corrected chi connectivity index (χ4v) is 7.58. The van der Waals surface area contributed by atoms with Gasteiger partial charge in [-0.2, -0.15) is 0 Å². The number of hydrogen-bond donors (Lipinski definition) is 1. The number of carbonyl (C=O) groups excluding carboxylic acids is 1. The molecule has 2 saturated carbocycles. The van der Waals surface area contributed by atoms with Crippen LogP contribution in [0.5, 0.6) is 0 Å². The summed E-state index contributed by atoms with van der Waals surface area (Å²) in [5.74, 6) is -0.980. The molecule has 2 aliphatic carbocycles. The Morgan fingerprint density at radius 3 is 2.36 bits per heavy atom. The third kappa shape index (κ3) is 2.25. The molecule has 5 heteroatoms. The second kappa shape index (κ2) is 5.48. The van der Waals surface area contributed by atoms with Gasteiger partial charge in [0.2, 0.25) is 0 Å². The van der Waals surface area contributed by atoms with Crippen molar-refractivity contribution in [1.82, 2.24) is 0 Å². The lowest BCUT2D eigenvalue weighted by Gasteiger charge is -2.74. The Morgan fingerprint density at radius 2 is 1.75 bits per heavy atom. The highest BCUT2D eigenvalue weighted by atomic mass is 16.7. The zero-order valence-corrected chi connectivity index (χ0v) is 18.4. The molecule has 1 unspecified atom stereocenters. The monoisotopic (exact) mass is 392 g/mol. The molecule has 0 aromatic heterocycles. The minimum Gasteiger partial charge on any atom is -0.393 e. The van der Waals surface area contributed by atoms with E-state index in [1.807, 2.05) is 27.7 Å². The van der Waals surface area contributed by atoms with E-state index in [1.165, 1.54) is 0 Å². The Balaban J connectivity index is 2.00. The number of hydrogen-bond acceptors (Lipinski definition) is 5. The first-order valence-electron chi connectivity index (χ1n) is 10.6. The summed E-state index contributed by atoms with van der Waals surface area (Å²) < 4.78 is 19.7. The maximum atomic E-state index is 14.0. The van der Waals surface area contributed by atoms with Crippen molar-refractivity contribution in [2.24, 2.45) is 16.7 Å². The fourth-order valence-electron chi connectivity index (χ4n) is 7.58. The standard InChI is InChI=1S/C23H36O5/c1-9-20(6)13-15(25)23-21(7,28-20)12-14(24)17-18(2,3)11-10-16(22(17,23)8)26-19(4,5)27-23/h9,14,16-17,24H,1,10-13H2,2-8H3/t14-,16+,17?,20+,21-,22+,23-/m1/s1. The molecule has 1 N–H and O–H groups in total. The Morgan fingerprint density at radius 1 is 1.11 bits per heavy atom. The number of aliphatic hydroxyl groups is 1. The van der Waals surface area contributed by atoms with Crippen LogP contribution >= 0.6 is 0 Å². The van der Waals surface area contributed by atoms with Crippen LogP contribution in [0.3, 0.4) is 0 Å². The maximum Gasteiger partial charge on any atom is 0.171 e. The smallest absolute Gasteiger partial charge is 0.171 e. The van der Waals surface area contributed by atoms with Crippen LogP contribution in [-0.4, -0.2) is 45.7 Å².